The molecule has 0 spiro atoms. The summed E-state index contributed by atoms with van der Waals surface area (Å²) in [7, 11) is 0. The summed E-state index contributed by atoms with van der Waals surface area (Å²) in [5, 5.41) is 0. The van der Waals surface area contributed by atoms with Crippen LogP contribution in [-0.4, -0.2) is 24.5 Å². The molecule has 2 rings (SSSR count). The van der Waals surface area contributed by atoms with Gasteiger partial charge in [-0.2, -0.15) is 0 Å². The standard InChI is InChI=1S/C10H19N/c1-2-10-5-3-7-11(9-10)8-4-6-10/h2-9H2,1H3. The van der Waals surface area contributed by atoms with Crippen LogP contribution in [0.1, 0.15) is 39.0 Å². The van der Waals surface area contributed by atoms with Gasteiger partial charge in [0.15, 0.2) is 0 Å². The summed E-state index contributed by atoms with van der Waals surface area (Å²) in [5.41, 5.74) is 0.747. The normalized spacial score (nSPS) is 43.9. The largest absolute Gasteiger partial charge is 0.303 e. The van der Waals surface area contributed by atoms with Crippen molar-refractivity contribution in [1.82, 2.24) is 4.90 Å². The maximum Gasteiger partial charge on any atom is 0.00379 e. The van der Waals surface area contributed by atoms with E-state index in [0.29, 0.717) is 0 Å². The highest BCUT2D eigenvalue weighted by Gasteiger charge is 2.36. The van der Waals surface area contributed by atoms with Crippen LogP contribution < -0.4 is 0 Å². The molecule has 2 aliphatic rings. The SMILES string of the molecule is CCC12CCCN(CCC1)C2. The monoisotopic (exact) mass is 153 g/mol. The second-order valence-corrected chi connectivity index (χ2v) is 4.34. The first kappa shape index (κ1) is 7.60. The molecule has 0 aromatic rings. The molecule has 0 radical (unpaired) electrons. The van der Waals surface area contributed by atoms with Crippen LogP contribution in [0.5, 0.6) is 0 Å². The number of rotatable bonds is 1. The van der Waals surface area contributed by atoms with Gasteiger partial charge in [0, 0.05) is 6.54 Å². The van der Waals surface area contributed by atoms with Crippen molar-refractivity contribution in [3.8, 4) is 0 Å². The summed E-state index contributed by atoms with van der Waals surface area (Å²) in [6.07, 6.45) is 7.31. The molecule has 2 saturated heterocycles. The molecular weight excluding hydrogens is 134 g/mol. The van der Waals surface area contributed by atoms with E-state index in [0.717, 1.165) is 5.41 Å². The molecule has 0 unspecified atom stereocenters. The first-order valence-electron chi connectivity index (χ1n) is 5.07. The van der Waals surface area contributed by atoms with E-state index in [-0.39, 0.29) is 0 Å². The van der Waals surface area contributed by atoms with Crippen molar-refractivity contribution in [3.05, 3.63) is 0 Å². The van der Waals surface area contributed by atoms with Crippen molar-refractivity contribution in [2.45, 2.75) is 39.0 Å². The van der Waals surface area contributed by atoms with E-state index in [2.05, 4.69) is 11.8 Å². The van der Waals surface area contributed by atoms with Gasteiger partial charge in [-0.05, 0) is 50.6 Å². The number of hydrogen-bond donors (Lipinski definition) is 0. The van der Waals surface area contributed by atoms with E-state index in [9.17, 15) is 0 Å². The Kier molecular flexibility index (Phi) is 1.92. The van der Waals surface area contributed by atoms with Crippen molar-refractivity contribution >= 4 is 0 Å². The molecule has 2 fully saturated rings. The summed E-state index contributed by atoms with van der Waals surface area (Å²) in [6.45, 7) is 6.53. The third-order valence-corrected chi connectivity index (χ3v) is 3.67. The second-order valence-electron chi connectivity index (χ2n) is 4.34. The van der Waals surface area contributed by atoms with Gasteiger partial charge in [0.2, 0.25) is 0 Å². The predicted molar refractivity (Wildman–Crippen MR) is 47.6 cm³/mol. The van der Waals surface area contributed by atoms with Gasteiger partial charge in [-0.25, -0.2) is 0 Å². The van der Waals surface area contributed by atoms with Crippen LogP contribution in [0.25, 0.3) is 0 Å². The van der Waals surface area contributed by atoms with Crippen molar-refractivity contribution < 1.29 is 0 Å². The first-order chi connectivity index (χ1) is 5.35. The quantitative estimate of drug-likeness (QED) is 0.558. The van der Waals surface area contributed by atoms with E-state index in [1.807, 2.05) is 0 Å². The minimum absolute atomic E-state index is 0.747. The summed E-state index contributed by atoms with van der Waals surface area (Å²) >= 11 is 0. The second kappa shape index (κ2) is 2.78. The Hall–Kier alpha value is -0.0400. The van der Waals surface area contributed by atoms with Gasteiger partial charge in [0.25, 0.3) is 0 Å². The zero-order valence-electron chi connectivity index (χ0n) is 7.60. The van der Waals surface area contributed by atoms with Crippen LogP contribution in [0.15, 0.2) is 0 Å². The Morgan fingerprint density at radius 1 is 1.18 bits per heavy atom. The first-order valence-corrected chi connectivity index (χ1v) is 5.07. The lowest BCUT2D eigenvalue weighted by Crippen LogP contribution is -2.47. The maximum atomic E-state index is 2.66. The van der Waals surface area contributed by atoms with Crippen LogP contribution in [0, 0.1) is 5.41 Å². The zero-order chi connectivity index (χ0) is 7.73. The highest BCUT2D eigenvalue weighted by molar-refractivity contribution is 4.89. The van der Waals surface area contributed by atoms with E-state index >= 15 is 0 Å². The molecule has 64 valence electrons. The average molecular weight is 153 g/mol. The summed E-state index contributed by atoms with van der Waals surface area (Å²) in [4.78, 5) is 2.66. The lowest BCUT2D eigenvalue weighted by Gasteiger charge is -2.46. The van der Waals surface area contributed by atoms with Gasteiger partial charge in [-0.3, -0.25) is 0 Å². The van der Waals surface area contributed by atoms with Crippen molar-refractivity contribution in [3.63, 3.8) is 0 Å². The Morgan fingerprint density at radius 3 is 2.27 bits per heavy atom. The number of hydrogen-bond acceptors (Lipinski definition) is 1. The summed E-state index contributed by atoms with van der Waals surface area (Å²) in [6, 6.07) is 0. The van der Waals surface area contributed by atoms with E-state index < -0.39 is 0 Å². The molecule has 0 aromatic heterocycles. The topological polar surface area (TPSA) is 3.24 Å². The fourth-order valence-electron chi connectivity index (χ4n) is 2.85. The molecular formula is C10H19N. The van der Waals surface area contributed by atoms with Crippen molar-refractivity contribution in [2.24, 2.45) is 5.41 Å². The smallest absolute Gasteiger partial charge is 0.00379 e. The lowest BCUT2D eigenvalue weighted by atomic mass is 9.72. The van der Waals surface area contributed by atoms with Gasteiger partial charge >= 0.3 is 0 Å². The molecule has 2 heterocycles. The Morgan fingerprint density at radius 2 is 1.82 bits per heavy atom. The average Bonchev–Trinajstić information content (AvgIpc) is 2.05. The molecule has 1 nitrogen and oxygen atoms in total. The van der Waals surface area contributed by atoms with Gasteiger partial charge < -0.3 is 4.90 Å². The molecule has 0 atom stereocenters. The maximum absolute atomic E-state index is 2.66. The predicted octanol–water partition coefficient (Wildman–Crippen LogP) is 2.27. The third kappa shape index (κ3) is 1.31. The lowest BCUT2D eigenvalue weighted by molar-refractivity contribution is 0.0351. The molecule has 2 bridgehead atoms. The summed E-state index contributed by atoms with van der Waals surface area (Å²) in [5.74, 6) is 0. The van der Waals surface area contributed by atoms with Crippen LogP contribution in [0.4, 0.5) is 0 Å². The molecule has 2 aliphatic heterocycles. The van der Waals surface area contributed by atoms with Crippen molar-refractivity contribution in [2.75, 3.05) is 19.6 Å². The molecule has 0 aliphatic carbocycles. The van der Waals surface area contributed by atoms with Crippen molar-refractivity contribution in [1.29, 1.82) is 0 Å². The van der Waals surface area contributed by atoms with E-state index in [4.69, 9.17) is 0 Å². The Bertz CT molecular complexity index is 132. The van der Waals surface area contributed by atoms with Gasteiger partial charge in [0.1, 0.15) is 0 Å². The highest BCUT2D eigenvalue weighted by atomic mass is 15.1. The zero-order valence-corrected chi connectivity index (χ0v) is 7.60. The molecule has 0 N–H and O–H groups in total. The Labute approximate surface area is 69.8 Å². The van der Waals surface area contributed by atoms with Gasteiger partial charge in [-0.1, -0.05) is 6.92 Å². The molecule has 0 amide bonds. The van der Waals surface area contributed by atoms with Gasteiger partial charge in [-0.15, -0.1) is 0 Å². The van der Waals surface area contributed by atoms with Crippen LogP contribution in [0.2, 0.25) is 0 Å². The van der Waals surface area contributed by atoms with E-state index in [1.54, 1.807) is 0 Å². The fourth-order valence-corrected chi connectivity index (χ4v) is 2.85. The number of nitrogens with zero attached hydrogens (tertiary/aromatic N) is 1. The van der Waals surface area contributed by atoms with Crippen LogP contribution in [-0.2, 0) is 0 Å². The summed E-state index contributed by atoms with van der Waals surface area (Å²) < 4.78 is 0. The molecule has 11 heavy (non-hydrogen) atoms. The Balaban J connectivity index is 2.07. The van der Waals surface area contributed by atoms with Gasteiger partial charge in [0.05, 0.1) is 0 Å². The van der Waals surface area contributed by atoms with Crippen LogP contribution in [0.3, 0.4) is 0 Å². The van der Waals surface area contributed by atoms with E-state index in [1.165, 1.54) is 51.7 Å². The highest BCUT2D eigenvalue weighted by Crippen LogP contribution is 2.40. The number of fused-ring (bicyclic) bond motifs is 2. The molecule has 1 heteroatoms. The van der Waals surface area contributed by atoms with Crippen LogP contribution >= 0.6 is 0 Å². The molecule has 0 saturated carbocycles. The fraction of sp³-hybridized carbons (Fsp3) is 1.00. The minimum Gasteiger partial charge on any atom is -0.303 e. The number of piperidine rings is 2. The third-order valence-electron chi connectivity index (χ3n) is 3.67. The minimum atomic E-state index is 0.747. The molecule has 0 aromatic carbocycles.